The van der Waals surface area contributed by atoms with Gasteiger partial charge >= 0.3 is 0 Å². The lowest BCUT2D eigenvalue weighted by atomic mass is 10.4. The first-order valence-electron chi connectivity index (χ1n) is 2.56. The van der Waals surface area contributed by atoms with Gasteiger partial charge in [0.15, 0.2) is 0 Å². The van der Waals surface area contributed by atoms with Crippen LogP contribution < -0.4 is 0 Å². The van der Waals surface area contributed by atoms with Gasteiger partial charge in [0, 0.05) is 6.20 Å². The zero-order chi connectivity index (χ0) is 7.11. The van der Waals surface area contributed by atoms with Gasteiger partial charge in [-0.1, -0.05) is 12.7 Å². The van der Waals surface area contributed by atoms with Crippen molar-refractivity contribution in [3.05, 3.63) is 24.9 Å². The summed E-state index contributed by atoms with van der Waals surface area (Å²) in [6, 6.07) is 1.87. The van der Waals surface area contributed by atoms with E-state index in [4.69, 9.17) is 5.26 Å². The van der Waals surface area contributed by atoms with E-state index in [0.29, 0.717) is 5.71 Å². The highest BCUT2D eigenvalue weighted by molar-refractivity contribution is 6.07. The van der Waals surface area contributed by atoms with Crippen LogP contribution >= 0.6 is 0 Å². The van der Waals surface area contributed by atoms with Crippen LogP contribution in [0.1, 0.15) is 6.92 Å². The summed E-state index contributed by atoms with van der Waals surface area (Å²) < 4.78 is 0. The molecule has 2 nitrogen and oxygen atoms in total. The summed E-state index contributed by atoms with van der Waals surface area (Å²) in [5.74, 6) is 0. The van der Waals surface area contributed by atoms with Crippen molar-refractivity contribution < 1.29 is 0 Å². The molecule has 0 spiro atoms. The van der Waals surface area contributed by atoms with E-state index < -0.39 is 0 Å². The van der Waals surface area contributed by atoms with Crippen LogP contribution in [0.2, 0.25) is 0 Å². The highest BCUT2D eigenvalue weighted by Crippen LogP contribution is 1.79. The second kappa shape index (κ2) is 4.79. The monoisotopic (exact) mass is 120 g/mol. The molecule has 0 saturated heterocycles. The number of allylic oxidation sites excluding steroid dienone is 2. The van der Waals surface area contributed by atoms with Crippen molar-refractivity contribution >= 4 is 5.71 Å². The molecule has 46 valence electrons. The summed E-state index contributed by atoms with van der Waals surface area (Å²) in [6.45, 7) is 5.23. The molecule has 0 aliphatic rings. The fourth-order valence-corrected chi connectivity index (χ4v) is 0.282. The van der Waals surface area contributed by atoms with E-state index in [2.05, 4.69) is 11.6 Å². The average Bonchev–Trinajstić information content (AvgIpc) is 1.91. The average molecular weight is 120 g/mol. The van der Waals surface area contributed by atoms with E-state index in [-0.39, 0.29) is 0 Å². The molecule has 0 heterocycles. The third-order valence-electron chi connectivity index (χ3n) is 0.671. The van der Waals surface area contributed by atoms with Crippen molar-refractivity contribution in [3.63, 3.8) is 0 Å². The lowest BCUT2D eigenvalue weighted by molar-refractivity contribution is 1.50. The van der Waals surface area contributed by atoms with Crippen LogP contribution in [0, 0.1) is 11.3 Å². The smallest absolute Gasteiger partial charge is 0.139 e. The van der Waals surface area contributed by atoms with E-state index >= 15 is 0 Å². The van der Waals surface area contributed by atoms with Gasteiger partial charge in [-0.2, -0.15) is 5.26 Å². The summed E-state index contributed by atoms with van der Waals surface area (Å²) in [5.41, 5.74) is 0.341. The summed E-state index contributed by atoms with van der Waals surface area (Å²) in [5, 5.41) is 8.27. The molecule has 0 aromatic carbocycles. The Bertz CT molecular complexity index is 182. The Labute approximate surface area is 54.8 Å². The van der Waals surface area contributed by atoms with Gasteiger partial charge in [-0.3, -0.25) is 0 Å². The largest absolute Gasteiger partial charge is 0.246 e. The molecule has 0 amide bonds. The summed E-state index contributed by atoms with van der Waals surface area (Å²) in [4.78, 5) is 3.74. The molecular formula is C7H8N2. The minimum atomic E-state index is 0.341. The normalized spacial score (nSPS) is 11.3. The predicted molar refractivity (Wildman–Crippen MR) is 38.1 cm³/mol. The van der Waals surface area contributed by atoms with E-state index in [1.54, 1.807) is 12.3 Å². The highest BCUT2D eigenvalue weighted by atomic mass is 14.7. The van der Waals surface area contributed by atoms with Crippen molar-refractivity contribution in [3.8, 4) is 6.07 Å². The number of nitrogens with zero attached hydrogens (tertiary/aromatic N) is 2. The van der Waals surface area contributed by atoms with Crippen LogP contribution in [0.15, 0.2) is 29.9 Å². The fourth-order valence-electron chi connectivity index (χ4n) is 0.282. The van der Waals surface area contributed by atoms with E-state index in [0.717, 1.165) is 0 Å². The van der Waals surface area contributed by atoms with Crippen LogP contribution in [-0.4, -0.2) is 5.71 Å². The zero-order valence-electron chi connectivity index (χ0n) is 5.33. The van der Waals surface area contributed by atoms with Crippen LogP contribution in [0.5, 0.6) is 0 Å². The fraction of sp³-hybridized carbons (Fsp3) is 0.143. The van der Waals surface area contributed by atoms with Gasteiger partial charge in [-0.25, -0.2) is 4.99 Å². The van der Waals surface area contributed by atoms with Crippen LogP contribution in [0.3, 0.4) is 0 Å². The second-order valence-corrected chi connectivity index (χ2v) is 1.31. The Morgan fingerprint density at radius 3 is 2.78 bits per heavy atom. The van der Waals surface area contributed by atoms with Crippen molar-refractivity contribution in [2.75, 3.05) is 0 Å². The molecule has 0 aromatic rings. The number of rotatable bonds is 2. The number of aliphatic imine (C=N–C) groups is 1. The van der Waals surface area contributed by atoms with Gasteiger partial charge in [0.2, 0.25) is 0 Å². The van der Waals surface area contributed by atoms with Gasteiger partial charge in [0.1, 0.15) is 11.8 Å². The van der Waals surface area contributed by atoms with E-state index in [9.17, 15) is 0 Å². The van der Waals surface area contributed by atoms with Crippen molar-refractivity contribution in [1.29, 1.82) is 5.26 Å². The summed E-state index contributed by atoms with van der Waals surface area (Å²) in [7, 11) is 0. The molecule has 0 unspecified atom stereocenters. The first kappa shape index (κ1) is 7.64. The van der Waals surface area contributed by atoms with Crippen molar-refractivity contribution in [2.45, 2.75) is 6.92 Å². The topological polar surface area (TPSA) is 36.1 Å². The molecule has 0 bridgehead atoms. The maximum absolute atomic E-state index is 8.27. The second-order valence-electron chi connectivity index (χ2n) is 1.31. The van der Waals surface area contributed by atoms with Crippen LogP contribution in [0.4, 0.5) is 0 Å². The summed E-state index contributed by atoms with van der Waals surface area (Å²) >= 11 is 0. The molecule has 0 aliphatic heterocycles. The SMILES string of the molecule is C=CC(C#N)=N/C=C\C. The van der Waals surface area contributed by atoms with E-state index in [1.807, 2.05) is 13.0 Å². The predicted octanol–water partition coefficient (Wildman–Crippen LogP) is 1.67. The van der Waals surface area contributed by atoms with Gasteiger partial charge < -0.3 is 0 Å². The number of hydrogen-bond acceptors (Lipinski definition) is 2. The lowest BCUT2D eigenvalue weighted by Crippen LogP contribution is -1.82. The molecule has 9 heavy (non-hydrogen) atoms. The van der Waals surface area contributed by atoms with Gasteiger partial charge in [0.25, 0.3) is 0 Å². The molecule has 0 rings (SSSR count). The Hall–Kier alpha value is -1.36. The molecule has 0 N–H and O–H groups in total. The van der Waals surface area contributed by atoms with Gasteiger partial charge in [-0.05, 0) is 13.0 Å². The Kier molecular flexibility index (Phi) is 4.07. The molecule has 0 radical (unpaired) electrons. The Balaban J connectivity index is 4.12. The lowest BCUT2D eigenvalue weighted by Gasteiger charge is -1.78. The minimum absolute atomic E-state index is 0.341. The Morgan fingerprint density at radius 1 is 1.78 bits per heavy atom. The van der Waals surface area contributed by atoms with Gasteiger partial charge in [-0.15, -0.1) is 0 Å². The molecule has 0 aromatic heterocycles. The molecular weight excluding hydrogens is 112 g/mol. The molecule has 0 aliphatic carbocycles. The highest BCUT2D eigenvalue weighted by Gasteiger charge is 1.81. The summed E-state index contributed by atoms with van der Waals surface area (Å²) in [6.07, 6.45) is 4.72. The first-order valence-corrected chi connectivity index (χ1v) is 2.56. The number of hydrogen-bond donors (Lipinski definition) is 0. The maximum atomic E-state index is 8.27. The molecule has 0 atom stereocenters. The van der Waals surface area contributed by atoms with Crippen LogP contribution in [-0.2, 0) is 0 Å². The Morgan fingerprint density at radius 2 is 2.44 bits per heavy atom. The molecule has 0 fully saturated rings. The standard InChI is InChI=1S/C7H8N2/c1-3-5-9-7(4-2)6-8/h3-5H,2H2,1H3/b5-3-,9-7?. The molecule has 0 saturated carbocycles. The third-order valence-corrected chi connectivity index (χ3v) is 0.671. The maximum Gasteiger partial charge on any atom is 0.139 e. The van der Waals surface area contributed by atoms with Crippen molar-refractivity contribution in [2.24, 2.45) is 4.99 Å². The van der Waals surface area contributed by atoms with Crippen LogP contribution in [0.25, 0.3) is 0 Å². The van der Waals surface area contributed by atoms with E-state index in [1.165, 1.54) is 6.08 Å². The molecule has 2 heteroatoms. The third kappa shape index (κ3) is 3.24. The zero-order valence-corrected chi connectivity index (χ0v) is 5.33. The van der Waals surface area contributed by atoms with Gasteiger partial charge in [0.05, 0.1) is 0 Å². The number of nitriles is 1. The van der Waals surface area contributed by atoms with Crippen molar-refractivity contribution in [1.82, 2.24) is 0 Å². The minimum Gasteiger partial charge on any atom is -0.246 e. The first-order chi connectivity index (χ1) is 4.35. The quantitative estimate of drug-likeness (QED) is 0.510.